The van der Waals surface area contributed by atoms with Crippen molar-refractivity contribution in [3.63, 3.8) is 0 Å². The molecule has 0 aliphatic rings. The molecule has 4 N–H and O–H groups in total. The second-order valence-electron chi connectivity index (χ2n) is 4.13. The van der Waals surface area contributed by atoms with E-state index in [0.717, 1.165) is 5.56 Å². The lowest BCUT2D eigenvalue weighted by atomic mass is 10.0. The maximum atomic E-state index is 10.0. The molecule has 0 spiro atoms. The molecular weight excluding hydrogens is 232 g/mol. The van der Waals surface area contributed by atoms with Gasteiger partial charge < -0.3 is 20.4 Å². The summed E-state index contributed by atoms with van der Waals surface area (Å²) in [5, 5.41) is 38.0. The molecule has 0 aliphatic carbocycles. The van der Waals surface area contributed by atoms with Crippen molar-refractivity contribution in [2.24, 2.45) is 0 Å². The van der Waals surface area contributed by atoms with E-state index in [1.165, 1.54) is 18.2 Å². The second-order valence-corrected chi connectivity index (χ2v) is 4.13. The summed E-state index contributed by atoms with van der Waals surface area (Å²) in [5.74, 6) is -0.0184. The van der Waals surface area contributed by atoms with E-state index in [-0.39, 0.29) is 17.2 Å². The summed E-state index contributed by atoms with van der Waals surface area (Å²) in [6, 6.07) is 10.6. The van der Waals surface area contributed by atoms with Crippen molar-refractivity contribution in [3.8, 4) is 17.2 Å². The van der Waals surface area contributed by atoms with Crippen LogP contribution in [0.4, 0.5) is 0 Å². The molecular formula is C14H14O4. The number of aromatic hydroxyl groups is 3. The third kappa shape index (κ3) is 2.73. The van der Waals surface area contributed by atoms with Gasteiger partial charge in [-0.3, -0.25) is 0 Å². The number of phenols is 3. The molecule has 0 heterocycles. The zero-order chi connectivity index (χ0) is 13.1. The predicted molar refractivity (Wildman–Crippen MR) is 66.5 cm³/mol. The van der Waals surface area contributed by atoms with E-state index in [0.29, 0.717) is 12.0 Å². The Balaban J connectivity index is 2.16. The van der Waals surface area contributed by atoms with Crippen LogP contribution in [0, 0.1) is 0 Å². The molecule has 1 atom stereocenters. The Morgan fingerprint density at radius 1 is 0.833 bits per heavy atom. The van der Waals surface area contributed by atoms with Gasteiger partial charge in [0.1, 0.15) is 17.2 Å². The Hall–Kier alpha value is -2.20. The minimum absolute atomic E-state index is 0.0481. The van der Waals surface area contributed by atoms with Gasteiger partial charge in [-0.2, -0.15) is 0 Å². The van der Waals surface area contributed by atoms with Gasteiger partial charge >= 0.3 is 0 Å². The lowest BCUT2D eigenvalue weighted by Gasteiger charge is -2.13. The highest BCUT2D eigenvalue weighted by Crippen LogP contribution is 2.30. The molecule has 0 saturated heterocycles. The molecule has 0 aromatic heterocycles. The second kappa shape index (κ2) is 4.98. The summed E-state index contributed by atoms with van der Waals surface area (Å²) in [5.41, 5.74) is 1.20. The van der Waals surface area contributed by atoms with Crippen molar-refractivity contribution in [1.82, 2.24) is 0 Å². The molecule has 0 amide bonds. The summed E-state index contributed by atoms with van der Waals surface area (Å²) >= 11 is 0. The average Bonchev–Trinajstić information content (AvgIpc) is 2.32. The van der Waals surface area contributed by atoms with E-state index in [1.54, 1.807) is 24.3 Å². The maximum Gasteiger partial charge on any atom is 0.125 e. The van der Waals surface area contributed by atoms with E-state index >= 15 is 0 Å². The Bertz CT molecular complexity index is 534. The van der Waals surface area contributed by atoms with Gasteiger partial charge in [0.15, 0.2) is 0 Å². The quantitative estimate of drug-likeness (QED) is 0.668. The van der Waals surface area contributed by atoms with Gasteiger partial charge in [0.05, 0.1) is 6.10 Å². The van der Waals surface area contributed by atoms with Gasteiger partial charge in [0.25, 0.3) is 0 Å². The highest BCUT2D eigenvalue weighted by Gasteiger charge is 2.13. The minimum atomic E-state index is -0.866. The SMILES string of the molecule is Oc1ccc(CC(O)c2ccc(O)cc2O)cc1. The van der Waals surface area contributed by atoms with Crippen molar-refractivity contribution in [1.29, 1.82) is 0 Å². The smallest absolute Gasteiger partial charge is 0.125 e. The molecule has 0 saturated carbocycles. The monoisotopic (exact) mass is 246 g/mol. The predicted octanol–water partition coefficient (Wildman–Crippen LogP) is 2.08. The first-order chi connectivity index (χ1) is 8.56. The molecule has 2 aromatic carbocycles. The van der Waals surface area contributed by atoms with Crippen LogP contribution in [-0.2, 0) is 6.42 Å². The van der Waals surface area contributed by atoms with Crippen LogP contribution in [0.15, 0.2) is 42.5 Å². The van der Waals surface area contributed by atoms with Gasteiger partial charge in [-0.25, -0.2) is 0 Å². The molecule has 2 rings (SSSR count). The normalized spacial score (nSPS) is 12.3. The summed E-state index contributed by atoms with van der Waals surface area (Å²) in [4.78, 5) is 0. The van der Waals surface area contributed by atoms with Crippen LogP contribution in [0.2, 0.25) is 0 Å². The van der Waals surface area contributed by atoms with Crippen molar-refractivity contribution in [2.45, 2.75) is 12.5 Å². The number of rotatable bonds is 3. The fourth-order valence-electron chi connectivity index (χ4n) is 1.78. The Morgan fingerprint density at radius 3 is 2.06 bits per heavy atom. The number of aliphatic hydroxyl groups is 1. The van der Waals surface area contributed by atoms with Crippen molar-refractivity contribution >= 4 is 0 Å². The fourth-order valence-corrected chi connectivity index (χ4v) is 1.78. The molecule has 0 bridgehead atoms. The lowest BCUT2D eigenvalue weighted by molar-refractivity contribution is 0.174. The molecule has 94 valence electrons. The largest absolute Gasteiger partial charge is 0.508 e. The Labute approximate surface area is 104 Å². The standard InChI is InChI=1S/C14H14O4/c15-10-3-1-9(2-4-10)7-13(17)12-6-5-11(16)8-14(12)18/h1-6,8,13,15-18H,7H2. The van der Waals surface area contributed by atoms with E-state index in [9.17, 15) is 15.3 Å². The first kappa shape index (κ1) is 12.3. The van der Waals surface area contributed by atoms with Gasteiger partial charge in [-0.05, 0) is 29.8 Å². The van der Waals surface area contributed by atoms with Crippen LogP contribution in [0.3, 0.4) is 0 Å². The maximum absolute atomic E-state index is 10.0. The zero-order valence-electron chi connectivity index (χ0n) is 9.61. The van der Waals surface area contributed by atoms with Crippen LogP contribution >= 0.6 is 0 Å². The van der Waals surface area contributed by atoms with Crippen LogP contribution in [-0.4, -0.2) is 20.4 Å². The Morgan fingerprint density at radius 2 is 1.44 bits per heavy atom. The molecule has 0 radical (unpaired) electrons. The molecule has 4 heteroatoms. The summed E-state index contributed by atoms with van der Waals surface area (Å²) < 4.78 is 0. The van der Waals surface area contributed by atoms with Crippen LogP contribution in [0.25, 0.3) is 0 Å². The first-order valence-corrected chi connectivity index (χ1v) is 5.54. The molecule has 2 aromatic rings. The van der Waals surface area contributed by atoms with Crippen molar-refractivity contribution in [3.05, 3.63) is 53.6 Å². The van der Waals surface area contributed by atoms with Gasteiger partial charge in [-0.15, -0.1) is 0 Å². The van der Waals surface area contributed by atoms with Gasteiger partial charge in [0, 0.05) is 18.1 Å². The van der Waals surface area contributed by atoms with Crippen molar-refractivity contribution < 1.29 is 20.4 Å². The number of phenolic OH excluding ortho intramolecular Hbond substituents is 3. The summed E-state index contributed by atoms with van der Waals surface area (Å²) in [7, 11) is 0. The molecule has 1 unspecified atom stereocenters. The van der Waals surface area contributed by atoms with E-state index in [2.05, 4.69) is 0 Å². The van der Waals surface area contributed by atoms with Gasteiger partial charge in [-0.1, -0.05) is 12.1 Å². The van der Waals surface area contributed by atoms with E-state index < -0.39 is 6.10 Å². The number of hydrogen-bond acceptors (Lipinski definition) is 4. The van der Waals surface area contributed by atoms with E-state index in [4.69, 9.17) is 5.11 Å². The highest BCUT2D eigenvalue weighted by molar-refractivity contribution is 5.41. The van der Waals surface area contributed by atoms with Crippen molar-refractivity contribution in [2.75, 3.05) is 0 Å². The summed E-state index contributed by atoms with van der Waals surface area (Å²) in [6.07, 6.45) is -0.548. The van der Waals surface area contributed by atoms with Crippen LogP contribution in [0.5, 0.6) is 17.2 Å². The lowest BCUT2D eigenvalue weighted by Crippen LogP contribution is -2.01. The Kier molecular flexibility index (Phi) is 3.39. The van der Waals surface area contributed by atoms with E-state index in [1.807, 2.05) is 0 Å². The number of benzene rings is 2. The third-order valence-electron chi connectivity index (χ3n) is 2.74. The first-order valence-electron chi connectivity index (χ1n) is 5.54. The minimum Gasteiger partial charge on any atom is -0.508 e. The van der Waals surface area contributed by atoms with Gasteiger partial charge in [0.2, 0.25) is 0 Å². The van der Waals surface area contributed by atoms with Crippen LogP contribution < -0.4 is 0 Å². The topological polar surface area (TPSA) is 80.9 Å². The molecule has 4 nitrogen and oxygen atoms in total. The molecule has 0 aliphatic heterocycles. The number of aliphatic hydroxyl groups excluding tert-OH is 1. The fraction of sp³-hybridized carbons (Fsp3) is 0.143. The summed E-state index contributed by atoms with van der Waals surface area (Å²) in [6.45, 7) is 0. The highest BCUT2D eigenvalue weighted by atomic mass is 16.3. The zero-order valence-corrected chi connectivity index (χ0v) is 9.61. The van der Waals surface area contributed by atoms with Crippen LogP contribution in [0.1, 0.15) is 17.2 Å². The average molecular weight is 246 g/mol. The number of hydrogen-bond donors (Lipinski definition) is 4. The molecule has 18 heavy (non-hydrogen) atoms. The third-order valence-corrected chi connectivity index (χ3v) is 2.74. The molecule has 0 fully saturated rings.